The number of aromatic nitrogens is 3. The minimum Gasteiger partial charge on any atom is -0.480 e. The zero-order valence-electron chi connectivity index (χ0n) is 16.5. The van der Waals surface area contributed by atoms with Gasteiger partial charge in [-0.15, -0.1) is 0 Å². The summed E-state index contributed by atoms with van der Waals surface area (Å²) in [6.07, 6.45) is 1.60. The van der Waals surface area contributed by atoms with Crippen molar-refractivity contribution in [3.63, 3.8) is 0 Å². The molecule has 10 heteroatoms. The summed E-state index contributed by atoms with van der Waals surface area (Å²) >= 11 is 0.961. The van der Waals surface area contributed by atoms with Crippen molar-refractivity contribution in [1.82, 2.24) is 15.0 Å². The lowest BCUT2D eigenvalue weighted by Crippen LogP contribution is -2.12. The Balaban J connectivity index is 1.72. The number of nitrogens with one attached hydrogen (secondary N) is 2. The van der Waals surface area contributed by atoms with Gasteiger partial charge in [0.25, 0.3) is 5.56 Å². The minimum atomic E-state index is -0.684. The highest BCUT2D eigenvalue weighted by atomic mass is 32.2. The molecule has 0 spiro atoms. The topological polar surface area (TPSA) is 106 Å². The maximum atomic E-state index is 13.9. The molecule has 0 atom stereocenters. The number of nitrogen functional groups attached to an aromatic ring is 1. The Morgan fingerprint density at radius 3 is 2.71 bits per heavy atom. The van der Waals surface area contributed by atoms with Crippen LogP contribution in [0.25, 0.3) is 22.0 Å². The molecule has 0 bridgehead atoms. The van der Waals surface area contributed by atoms with Crippen molar-refractivity contribution in [1.29, 1.82) is 0 Å². The van der Waals surface area contributed by atoms with Gasteiger partial charge < -0.3 is 15.2 Å². The van der Waals surface area contributed by atoms with E-state index in [1.54, 1.807) is 18.3 Å². The van der Waals surface area contributed by atoms with Crippen LogP contribution in [0, 0.1) is 18.6 Å². The van der Waals surface area contributed by atoms with Crippen LogP contribution in [0.1, 0.15) is 5.56 Å². The van der Waals surface area contributed by atoms with Crippen LogP contribution in [0.3, 0.4) is 0 Å². The van der Waals surface area contributed by atoms with Crippen LogP contribution in [0.5, 0.6) is 5.88 Å². The number of nitrogens with two attached hydrogens (primary N) is 1. The van der Waals surface area contributed by atoms with E-state index in [1.807, 2.05) is 13.0 Å². The SMILES string of the molecule is COc1ncc(-c2cc(C)c3nc(N)[nH]c(=O)c3c2)cc1NSc1ccc(F)cc1F. The number of aryl methyl sites for hydroxylation is 1. The summed E-state index contributed by atoms with van der Waals surface area (Å²) in [6, 6.07) is 8.66. The molecule has 0 radical (unpaired) electrons. The van der Waals surface area contributed by atoms with Gasteiger partial charge in [-0.1, -0.05) is 0 Å². The third-order valence-electron chi connectivity index (χ3n) is 4.56. The third kappa shape index (κ3) is 4.15. The number of fused-ring (bicyclic) bond motifs is 1. The second-order valence-electron chi connectivity index (χ2n) is 6.70. The van der Waals surface area contributed by atoms with Gasteiger partial charge in [-0.05, 0) is 60.3 Å². The highest BCUT2D eigenvalue weighted by Gasteiger charge is 2.13. The molecule has 2 aromatic carbocycles. The molecule has 4 aromatic rings. The van der Waals surface area contributed by atoms with Crippen molar-refractivity contribution in [3.8, 4) is 17.0 Å². The summed E-state index contributed by atoms with van der Waals surface area (Å²) in [4.78, 5) is 23.5. The molecule has 2 aromatic heterocycles. The van der Waals surface area contributed by atoms with Crippen LogP contribution < -0.4 is 20.8 Å². The Morgan fingerprint density at radius 1 is 1.16 bits per heavy atom. The lowest BCUT2D eigenvalue weighted by Gasteiger charge is -2.13. The summed E-state index contributed by atoms with van der Waals surface area (Å²) in [7, 11) is 1.46. The lowest BCUT2D eigenvalue weighted by molar-refractivity contribution is 0.400. The number of hydrogen-bond acceptors (Lipinski definition) is 7. The van der Waals surface area contributed by atoms with Crippen LogP contribution in [-0.4, -0.2) is 22.1 Å². The average molecular weight is 441 g/mol. The van der Waals surface area contributed by atoms with Gasteiger partial charge in [0, 0.05) is 17.8 Å². The first-order chi connectivity index (χ1) is 14.9. The van der Waals surface area contributed by atoms with E-state index >= 15 is 0 Å². The molecule has 4 rings (SSSR count). The van der Waals surface area contributed by atoms with Crippen LogP contribution in [0.2, 0.25) is 0 Å². The third-order valence-corrected chi connectivity index (χ3v) is 5.43. The van der Waals surface area contributed by atoms with E-state index in [2.05, 4.69) is 19.7 Å². The number of aromatic amines is 1. The van der Waals surface area contributed by atoms with Crippen molar-refractivity contribution in [2.75, 3.05) is 17.6 Å². The Kier molecular flexibility index (Phi) is 5.47. The molecule has 0 amide bonds. The number of methoxy groups -OCH3 is 1. The van der Waals surface area contributed by atoms with Gasteiger partial charge in [-0.3, -0.25) is 9.78 Å². The monoisotopic (exact) mass is 441 g/mol. The van der Waals surface area contributed by atoms with E-state index in [0.29, 0.717) is 28.0 Å². The number of anilines is 2. The van der Waals surface area contributed by atoms with Gasteiger partial charge in [-0.2, -0.15) is 0 Å². The number of benzene rings is 2. The number of nitrogens with zero attached hydrogens (tertiary/aromatic N) is 2. The maximum absolute atomic E-state index is 13.9. The second kappa shape index (κ2) is 8.23. The molecule has 0 unspecified atom stereocenters. The highest BCUT2D eigenvalue weighted by Crippen LogP contribution is 2.33. The first-order valence-electron chi connectivity index (χ1n) is 9.08. The molecule has 0 saturated carbocycles. The summed E-state index contributed by atoms with van der Waals surface area (Å²) < 4.78 is 35.3. The fourth-order valence-electron chi connectivity index (χ4n) is 3.11. The summed E-state index contributed by atoms with van der Waals surface area (Å²) in [5.41, 5.74) is 8.52. The standard InChI is InChI=1S/C21H17F2N5O2S/c1-10-5-11(6-14-18(10)26-21(24)27-19(14)29)12-7-16(20(30-2)25-9-12)28-31-17-4-3-13(22)8-15(17)23/h3-9,28H,1-2H3,(H3,24,26,27,29). The van der Waals surface area contributed by atoms with Gasteiger partial charge >= 0.3 is 0 Å². The fourth-order valence-corrected chi connectivity index (χ4v) is 3.77. The summed E-state index contributed by atoms with van der Waals surface area (Å²) in [6.45, 7) is 1.83. The van der Waals surface area contributed by atoms with Crippen LogP contribution in [0.4, 0.5) is 20.4 Å². The molecule has 7 nitrogen and oxygen atoms in total. The molecule has 0 saturated heterocycles. The number of H-pyrrole nitrogens is 1. The van der Waals surface area contributed by atoms with Crippen LogP contribution in [0.15, 0.2) is 52.3 Å². The molecule has 0 fully saturated rings. The second-order valence-corrected chi connectivity index (χ2v) is 7.55. The first kappa shape index (κ1) is 20.6. The maximum Gasteiger partial charge on any atom is 0.260 e. The van der Waals surface area contributed by atoms with Gasteiger partial charge in [0.1, 0.15) is 17.3 Å². The smallest absolute Gasteiger partial charge is 0.260 e. The quantitative estimate of drug-likeness (QED) is 0.397. The zero-order valence-corrected chi connectivity index (χ0v) is 17.3. The fraction of sp³-hybridized carbons (Fsp3) is 0.0952. The molecular formula is C21H17F2N5O2S. The Hall–Kier alpha value is -3.66. The van der Waals surface area contributed by atoms with Crippen molar-refractivity contribution in [2.24, 2.45) is 0 Å². The normalized spacial score (nSPS) is 11.0. The molecular weight excluding hydrogens is 424 g/mol. The largest absolute Gasteiger partial charge is 0.480 e. The lowest BCUT2D eigenvalue weighted by atomic mass is 10.0. The molecule has 0 aliphatic carbocycles. The Morgan fingerprint density at radius 2 is 1.97 bits per heavy atom. The summed E-state index contributed by atoms with van der Waals surface area (Å²) in [5, 5.41) is 0.400. The zero-order chi connectivity index (χ0) is 22.1. The minimum absolute atomic E-state index is 0.0519. The number of ether oxygens (including phenoxy) is 1. The number of halogens is 2. The van der Waals surface area contributed by atoms with Crippen molar-refractivity contribution in [2.45, 2.75) is 11.8 Å². The highest BCUT2D eigenvalue weighted by molar-refractivity contribution is 8.00. The molecule has 0 aliphatic heterocycles. The van der Waals surface area contributed by atoms with E-state index < -0.39 is 11.6 Å². The Labute approximate surface area is 179 Å². The van der Waals surface area contributed by atoms with Gasteiger partial charge in [0.15, 0.2) is 0 Å². The molecule has 2 heterocycles. The van der Waals surface area contributed by atoms with E-state index in [-0.39, 0.29) is 16.4 Å². The molecule has 4 N–H and O–H groups in total. The number of pyridine rings is 1. The van der Waals surface area contributed by atoms with Gasteiger partial charge in [0.2, 0.25) is 11.8 Å². The van der Waals surface area contributed by atoms with Crippen molar-refractivity contribution in [3.05, 3.63) is 70.1 Å². The average Bonchev–Trinajstić information content (AvgIpc) is 2.73. The van der Waals surface area contributed by atoms with E-state index in [1.165, 1.54) is 19.2 Å². The van der Waals surface area contributed by atoms with E-state index in [4.69, 9.17) is 10.5 Å². The number of hydrogen-bond donors (Lipinski definition) is 3. The van der Waals surface area contributed by atoms with Gasteiger partial charge in [-0.25, -0.2) is 18.7 Å². The molecule has 31 heavy (non-hydrogen) atoms. The van der Waals surface area contributed by atoms with Gasteiger partial charge in [0.05, 0.1) is 22.9 Å². The van der Waals surface area contributed by atoms with Crippen molar-refractivity contribution >= 4 is 34.5 Å². The Bertz CT molecular complexity index is 1360. The predicted octanol–water partition coefficient (Wildman–Crippen LogP) is 4.28. The summed E-state index contributed by atoms with van der Waals surface area (Å²) in [5.74, 6) is -0.989. The number of rotatable bonds is 5. The van der Waals surface area contributed by atoms with Crippen LogP contribution >= 0.6 is 11.9 Å². The first-order valence-corrected chi connectivity index (χ1v) is 9.90. The van der Waals surface area contributed by atoms with Crippen LogP contribution in [-0.2, 0) is 0 Å². The molecule has 158 valence electrons. The molecule has 0 aliphatic rings. The van der Waals surface area contributed by atoms with E-state index in [0.717, 1.165) is 29.1 Å². The van der Waals surface area contributed by atoms with E-state index in [9.17, 15) is 13.6 Å². The predicted molar refractivity (Wildman–Crippen MR) is 117 cm³/mol. The van der Waals surface area contributed by atoms with Crippen molar-refractivity contribution < 1.29 is 13.5 Å².